The molecule has 1 aliphatic heterocycles. The van der Waals surface area contributed by atoms with E-state index < -0.39 is 0 Å². The molecule has 0 radical (unpaired) electrons. The highest BCUT2D eigenvalue weighted by molar-refractivity contribution is 8.03. The van der Waals surface area contributed by atoms with Crippen molar-refractivity contribution in [3.8, 4) is 0 Å². The third kappa shape index (κ3) is 2.27. The van der Waals surface area contributed by atoms with Crippen LogP contribution in [-0.4, -0.2) is 12.3 Å². The average molecular weight is 285 g/mol. The van der Waals surface area contributed by atoms with Gasteiger partial charge in [0.15, 0.2) is 5.76 Å². The quantitative estimate of drug-likeness (QED) is 0.623. The monoisotopic (exact) mass is 285 g/mol. The number of allylic oxidation sites excluding steroid dienone is 1. The van der Waals surface area contributed by atoms with Gasteiger partial charge in [0.1, 0.15) is 0 Å². The number of carbonyl (C=O) groups is 1. The topological polar surface area (TPSA) is 33.5 Å². The van der Waals surface area contributed by atoms with E-state index in [1.54, 1.807) is 30.0 Å². The Bertz CT molecular complexity index is 674. The van der Waals surface area contributed by atoms with Crippen LogP contribution in [0.25, 0.3) is 0 Å². The molecule has 20 heavy (non-hydrogen) atoms. The summed E-state index contributed by atoms with van der Waals surface area (Å²) in [5.41, 5.74) is 2.40. The van der Waals surface area contributed by atoms with E-state index in [2.05, 4.69) is 36.9 Å². The molecule has 0 amide bonds. The van der Waals surface area contributed by atoms with Crippen LogP contribution in [0.2, 0.25) is 0 Å². The summed E-state index contributed by atoms with van der Waals surface area (Å²) in [5, 5.41) is 0.953. The Kier molecular flexibility index (Phi) is 3.40. The average Bonchev–Trinajstić information content (AvgIpc) is 3.05. The first-order valence-corrected chi connectivity index (χ1v) is 7.36. The number of fused-ring (bicyclic) bond motifs is 1. The van der Waals surface area contributed by atoms with Gasteiger partial charge in [-0.3, -0.25) is 4.79 Å². The number of anilines is 1. The molecule has 4 heteroatoms. The molecule has 2 aromatic rings. The fraction of sp³-hybridized carbons (Fsp3) is 0.188. The van der Waals surface area contributed by atoms with E-state index in [0.29, 0.717) is 5.76 Å². The molecule has 3 rings (SSSR count). The van der Waals surface area contributed by atoms with Crippen molar-refractivity contribution in [2.45, 2.75) is 18.7 Å². The van der Waals surface area contributed by atoms with Crippen molar-refractivity contribution >= 4 is 23.2 Å². The van der Waals surface area contributed by atoms with Gasteiger partial charge in [-0.05, 0) is 43.7 Å². The van der Waals surface area contributed by atoms with Crippen LogP contribution >= 0.6 is 11.8 Å². The second kappa shape index (κ2) is 5.21. The largest absolute Gasteiger partial charge is 0.461 e. The molecule has 0 unspecified atom stereocenters. The first-order valence-electron chi connectivity index (χ1n) is 6.54. The van der Waals surface area contributed by atoms with Crippen LogP contribution in [-0.2, 0) is 0 Å². The van der Waals surface area contributed by atoms with Gasteiger partial charge in [-0.15, -0.1) is 0 Å². The second-order valence-corrected chi connectivity index (χ2v) is 5.70. The molecule has 2 heterocycles. The van der Waals surface area contributed by atoms with Crippen molar-refractivity contribution < 1.29 is 9.21 Å². The minimum Gasteiger partial charge on any atom is -0.461 e. The van der Waals surface area contributed by atoms with Crippen molar-refractivity contribution in [1.29, 1.82) is 0 Å². The van der Waals surface area contributed by atoms with Gasteiger partial charge in [-0.25, -0.2) is 0 Å². The molecular formula is C16H15NO2S. The van der Waals surface area contributed by atoms with Crippen molar-refractivity contribution in [3.63, 3.8) is 0 Å². The number of carbonyl (C=O) groups excluding carboxylic acids is 1. The maximum atomic E-state index is 12.1. The first kappa shape index (κ1) is 13.1. The van der Waals surface area contributed by atoms with E-state index in [1.165, 1.54) is 22.4 Å². The molecule has 0 atom stereocenters. The fourth-order valence-electron chi connectivity index (χ4n) is 2.25. The van der Waals surface area contributed by atoms with Gasteiger partial charge in [-0.1, -0.05) is 17.8 Å². The smallest absolute Gasteiger partial charge is 0.223 e. The molecule has 1 aliphatic rings. The highest BCUT2D eigenvalue weighted by Gasteiger charge is 2.25. The van der Waals surface area contributed by atoms with Crippen LogP contribution in [0.3, 0.4) is 0 Å². The summed E-state index contributed by atoms with van der Waals surface area (Å²) < 4.78 is 5.15. The third-order valence-corrected chi connectivity index (χ3v) is 4.33. The summed E-state index contributed by atoms with van der Waals surface area (Å²) in [5.74, 6) is 0.279. The number of hydrogen-bond acceptors (Lipinski definition) is 4. The number of aryl methyl sites for hydroxylation is 1. The van der Waals surface area contributed by atoms with Crippen molar-refractivity contribution in [1.82, 2.24) is 0 Å². The minimum absolute atomic E-state index is 0.0968. The zero-order valence-electron chi connectivity index (χ0n) is 11.4. The molecule has 102 valence electrons. The molecule has 0 bridgehead atoms. The zero-order valence-corrected chi connectivity index (χ0v) is 12.2. The molecule has 0 saturated carbocycles. The Labute approximate surface area is 122 Å². The Balaban J connectivity index is 1.94. The lowest BCUT2D eigenvalue weighted by atomic mass is 10.2. The molecule has 0 aliphatic carbocycles. The highest BCUT2D eigenvalue weighted by atomic mass is 32.2. The highest BCUT2D eigenvalue weighted by Crippen LogP contribution is 2.46. The molecule has 0 N–H and O–H groups in total. The van der Waals surface area contributed by atoms with Gasteiger partial charge >= 0.3 is 0 Å². The predicted molar refractivity (Wildman–Crippen MR) is 81.2 cm³/mol. The number of hydrogen-bond donors (Lipinski definition) is 0. The van der Waals surface area contributed by atoms with Crippen LogP contribution in [0.5, 0.6) is 0 Å². The summed E-state index contributed by atoms with van der Waals surface area (Å²) in [6.45, 7) is 5.00. The molecule has 0 fully saturated rings. The molecule has 0 spiro atoms. The lowest BCUT2D eigenvalue weighted by Crippen LogP contribution is -2.17. The number of thioether (sulfide) groups is 1. The summed E-state index contributed by atoms with van der Waals surface area (Å²) in [6.07, 6.45) is 3.17. The van der Waals surface area contributed by atoms with Crippen molar-refractivity contribution in [2.75, 3.05) is 11.4 Å². The fourth-order valence-corrected chi connectivity index (χ4v) is 3.39. The molecule has 1 aromatic heterocycles. The summed E-state index contributed by atoms with van der Waals surface area (Å²) in [7, 11) is 0. The second-order valence-electron chi connectivity index (χ2n) is 4.64. The Hall–Kier alpha value is -1.94. The summed E-state index contributed by atoms with van der Waals surface area (Å²) in [6, 6.07) is 9.77. The lowest BCUT2D eigenvalue weighted by Gasteiger charge is -2.18. The van der Waals surface area contributed by atoms with E-state index >= 15 is 0 Å². The van der Waals surface area contributed by atoms with E-state index in [4.69, 9.17) is 4.42 Å². The summed E-state index contributed by atoms with van der Waals surface area (Å²) in [4.78, 5) is 15.5. The Morgan fingerprint density at radius 1 is 1.40 bits per heavy atom. The molecule has 0 saturated heterocycles. The minimum atomic E-state index is -0.0968. The van der Waals surface area contributed by atoms with Gasteiger partial charge in [-0.2, -0.15) is 0 Å². The number of ketones is 1. The van der Waals surface area contributed by atoms with Crippen LogP contribution in [0.4, 0.5) is 5.69 Å². The van der Waals surface area contributed by atoms with Crippen LogP contribution in [0, 0.1) is 6.92 Å². The number of rotatable bonds is 3. The van der Waals surface area contributed by atoms with Gasteiger partial charge < -0.3 is 9.32 Å². The van der Waals surface area contributed by atoms with Gasteiger partial charge in [0, 0.05) is 17.5 Å². The van der Waals surface area contributed by atoms with Gasteiger partial charge in [0.25, 0.3) is 0 Å². The maximum absolute atomic E-state index is 12.1. The van der Waals surface area contributed by atoms with Crippen LogP contribution in [0.1, 0.15) is 23.0 Å². The van der Waals surface area contributed by atoms with E-state index in [-0.39, 0.29) is 5.78 Å². The standard InChI is InChI=1S/C16H15NO2S/c1-3-17-12-9-11(2)6-7-15(12)20-16(17)10-13(18)14-5-4-8-19-14/h4-10H,3H2,1-2H3/b16-10-. The lowest BCUT2D eigenvalue weighted by molar-refractivity contribution is 0.102. The van der Waals surface area contributed by atoms with E-state index in [0.717, 1.165) is 11.6 Å². The normalized spacial score (nSPS) is 15.7. The van der Waals surface area contributed by atoms with Crippen LogP contribution < -0.4 is 4.90 Å². The Morgan fingerprint density at radius 3 is 2.95 bits per heavy atom. The van der Waals surface area contributed by atoms with E-state index in [9.17, 15) is 4.79 Å². The maximum Gasteiger partial charge on any atom is 0.223 e. The number of benzene rings is 1. The molecule has 3 nitrogen and oxygen atoms in total. The molecular weight excluding hydrogens is 270 g/mol. The summed E-state index contributed by atoms with van der Waals surface area (Å²) >= 11 is 1.63. The predicted octanol–water partition coefficient (Wildman–Crippen LogP) is 4.24. The van der Waals surface area contributed by atoms with Crippen molar-refractivity contribution in [2.24, 2.45) is 0 Å². The van der Waals surface area contributed by atoms with E-state index in [1.807, 2.05) is 0 Å². The van der Waals surface area contributed by atoms with Crippen LogP contribution in [0.15, 0.2) is 57.0 Å². The zero-order chi connectivity index (χ0) is 14.1. The number of furan rings is 1. The number of nitrogens with zero attached hydrogens (tertiary/aromatic N) is 1. The molecule has 1 aromatic carbocycles. The first-order chi connectivity index (χ1) is 9.69. The van der Waals surface area contributed by atoms with Gasteiger partial charge in [0.05, 0.1) is 17.0 Å². The van der Waals surface area contributed by atoms with Gasteiger partial charge in [0.2, 0.25) is 5.78 Å². The Morgan fingerprint density at radius 2 is 2.25 bits per heavy atom. The SMILES string of the molecule is CCN1/C(=C/C(=O)c2ccco2)Sc2ccc(C)cc21. The van der Waals surface area contributed by atoms with Crippen molar-refractivity contribution in [3.05, 3.63) is 59.0 Å². The third-order valence-electron chi connectivity index (χ3n) is 3.22.